The quantitative estimate of drug-likeness (QED) is 0.756. The monoisotopic (exact) mass is 228 g/mol. The summed E-state index contributed by atoms with van der Waals surface area (Å²) in [6, 6.07) is 14.8. The minimum atomic E-state index is -0.200. The molecule has 0 radical (unpaired) electrons. The van der Waals surface area contributed by atoms with Crippen molar-refractivity contribution < 1.29 is 9.13 Å². The molecule has 1 aliphatic heterocycles. The van der Waals surface area contributed by atoms with Gasteiger partial charge in [-0.15, -0.1) is 0 Å². The van der Waals surface area contributed by atoms with Gasteiger partial charge in [0.15, 0.2) is 0 Å². The van der Waals surface area contributed by atoms with Crippen LogP contribution in [-0.4, -0.2) is 6.61 Å². The lowest BCUT2D eigenvalue weighted by molar-refractivity contribution is -0.0527. The minimum absolute atomic E-state index is 0.200. The molecule has 0 saturated carbocycles. The predicted octanol–water partition coefficient (Wildman–Crippen LogP) is 3.95. The van der Waals surface area contributed by atoms with Crippen LogP contribution < -0.4 is 0 Å². The fraction of sp³-hybridized carbons (Fsp3) is 0.200. The molecule has 2 aromatic rings. The van der Waals surface area contributed by atoms with Gasteiger partial charge in [0.1, 0.15) is 5.82 Å². The van der Waals surface area contributed by atoms with Crippen LogP contribution in [0, 0.1) is 5.82 Å². The van der Waals surface area contributed by atoms with Crippen LogP contribution in [-0.2, 0) is 4.74 Å². The topological polar surface area (TPSA) is 9.23 Å². The van der Waals surface area contributed by atoms with Crippen LogP contribution in [0.4, 0.5) is 4.39 Å². The average molecular weight is 228 g/mol. The lowest BCUT2D eigenvalue weighted by atomic mass is 9.99. The molecule has 0 aliphatic carbocycles. The number of rotatable bonds is 2. The summed E-state index contributed by atoms with van der Waals surface area (Å²) in [7, 11) is 0. The number of ether oxygens (including phenoxy) is 1. The second kappa shape index (κ2) is 4.30. The van der Waals surface area contributed by atoms with Crippen molar-refractivity contribution in [2.75, 3.05) is 6.61 Å². The molecule has 1 fully saturated rings. The Hall–Kier alpha value is -1.67. The molecule has 2 aromatic carbocycles. The Labute approximate surface area is 99.9 Å². The largest absolute Gasteiger partial charge is 0.373 e. The molecular formula is C15H13FO. The first-order valence-electron chi connectivity index (χ1n) is 5.80. The molecule has 17 heavy (non-hydrogen) atoms. The molecule has 1 nitrogen and oxygen atoms in total. The molecule has 0 N–H and O–H groups in total. The van der Waals surface area contributed by atoms with Crippen molar-refractivity contribution in [3.8, 4) is 11.1 Å². The first-order chi connectivity index (χ1) is 8.33. The SMILES string of the molecule is Fc1cccc(-c2ccc(C3CCO3)cc2)c1. The Bertz CT molecular complexity index is 515. The smallest absolute Gasteiger partial charge is 0.123 e. The van der Waals surface area contributed by atoms with Crippen molar-refractivity contribution in [1.82, 2.24) is 0 Å². The standard InChI is InChI=1S/C15H13FO/c16-14-3-1-2-13(10-14)11-4-6-12(7-5-11)15-8-9-17-15/h1-7,10,15H,8-9H2. The van der Waals surface area contributed by atoms with Gasteiger partial charge in [0.25, 0.3) is 0 Å². The third-order valence-electron chi connectivity index (χ3n) is 3.14. The molecule has 1 saturated heterocycles. The summed E-state index contributed by atoms with van der Waals surface area (Å²) in [5, 5.41) is 0. The molecule has 1 heterocycles. The number of hydrogen-bond donors (Lipinski definition) is 0. The highest BCUT2D eigenvalue weighted by Crippen LogP contribution is 2.30. The highest BCUT2D eigenvalue weighted by atomic mass is 19.1. The number of hydrogen-bond acceptors (Lipinski definition) is 1. The lowest BCUT2D eigenvalue weighted by Gasteiger charge is -2.26. The molecule has 3 rings (SSSR count). The number of halogens is 1. The maximum absolute atomic E-state index is 13.1. The number of benzene rings is 2. The molecule has 1 aliphatic rings. The van der Waals surface area contributed by atoms with E-state index in [0.29, 0.717) is 0 Å². The van der Waals surface area contributed by atoms with Crippen molar-refractivity contribution in [2.24, 2.45) is 0 Å². The fourth-order valence-corrected chi connectivity index (χ4v) is 2.06. The van der Waals surface area contributed by atoms with Crippen LogP contribution in [0.15, 0.2) is 48.5 Å². The molecule has 0 amide bonds. The van der Waals surface area contributed by atoms with E-state index < -0.39 is 0 Å². The molecule has 0 aromatic heterocycles. The highest BCUT2D eigenvalue weighted by Gasteiger charge is 2.19. The van der Waals surface area contributed by atoms with Crippen LogP contribution in [0.1, 0.15) is 18.1 Å². The summed E-state index contributed by atoms with van der Waals surface area (Å²) in [6.07, 6.45) is 1.36. The van der Waals surface area contributed by atoms with Crippen LogP contribution in [0.5, 0.6) is 0 Å². The van der Waals surface area contributed by atoms with Crippen molar-refractivity contribution in [3.05, 3.63) is 59.9 Å². The Morgan fingerprint density at radius 3 is 2.35 bits per heavy atom. The van der Waals surface area contributed by atoms with Crippen molar-refractivity contribution in [1.29, 1.82) is 0 Å². The van der Waals surface area contributed by atoms with Crippen molar-refractivity contribution >= 4 is 0 Å². The fourth-order valence-electron chi connectivity index (χ4n) is 2.06. The van der Waals surface area contributed by atoms with E-state index >= 15 is 0 Å². The Morgan fingerprint density at radius 1 is 1.00 bits per heavy atom. The first-order valence-corrected chi connectivity index (χ1v) is 5.80. The van der Waals surface area contributed by atoms with Gasteiger partial charge in [0.05, 0.1) is 12.7 Å². The Kier molecular flexibility index (Phi) is 2.65. The zero-order valence-electron chi connectivity index (χ0n) is 9.40. The van der Waals surface area contributed by atoms with Crippen LogP contribution in [0.2, 0.25) is 0 Å². The third kappa shape index (κ3) is 2.08. The minimum Gasteiger partial charge on any atom is -0.373 e. The molecule has 0 bridgehead atoms. The van der Waals surface area contributed by atoms with E-state index in [-0.39, 0.29) is 11.9 Å². The van der Waals surface area contributed by atoms with Crippen LogP contribution in [0.25, 0.3) is 11.1 Å². The summed E-state index contributed by atoms with van der Waals surface area (Å²) < 4.78 is 18.5. The van der Waals surface area contributed by atoms with Gasteiger partial charge in [-0.2, -0.15) is 0 Å². The summed E-state index contributed by atoms with van der Waals surface area (Å²) in [6.45, 7) is 0.857. The summed E-state index contributed by atoms with van der Waals surface area (Å²) >= 11 is 0. The third-order valence-corrected chi connectivity index (χ3v) is 3.14. The average Bonchev–Trinajstić information content (AvgIpc) is 2.28. The molecular weight excluding hydrogens is 215 g/mol. The van der Waals surface area contributed by atoms with E-state index in [2.05, 4.69) is 12.1 Å². The summed E-state index contributed by atoms with van der Waals surface area (Å²) in [4.78, 5) is 0. The maximum Gasteiger partial charge on any atom is 0.123 e. The van der Waals surface area contributed by atoms with Crippen LogP contribution >= 0.6 is 0 Å². The van der Waals surface area contributed by atoms with Crippen molar-refractivity contribution in [2.45, 2.75) is 12.5 Å². The predicted molar refractivity (Wildman–Crippen MR) is 65.1 cm³/mol. The van der Waals surface area contributed by atoms with E-state index in [0.717, 1.165) is 24.2 Å². The normalized spacial score (nSPS) is 18.8. The lowest BCUT2D eigenvalue weighted by Crippen LogP contribution is -2.17. The molecule has 1 atom stereocenters. The molecule has 2 heteroatoms. The van der Waals surface area contributed by atoms with E-state index in [9.17, 15) is 4.39 Å². The van der Waals surface area contributed by atoms with Gasteiger partial charge in [0.2, 0.25) is 0 Å². The molecule has 86 valence electrons. The highest BCUT2D eigenvalue weighted by molar-refractivity contribution is 5.63. The zero-order valence-corrected chi connectivity index (χ0v) is 9.40. The van der Waals surface area contributed by atoms with Gasteiger partial charge in [0, 0.05) is 6.42 Å². The van der Waals surface area contributed by atoms with Gasteiger partial charge >= 0.3 is 0 Å². The Morgan fingerprint density at radius 2 is 1.76 bits per heavy atom. The van der Waals surface area contributed by atoms with Crippen molar-refractivity contribution in [3.63, 3.8) is 0 Å². The van der Waals surface area contributed by atoms with Gasteiger partial charge in [-0.05, 0) is 28.8 Å². The van der Waals surface area contributed by atoms with Gasteiger partial charge in [-0.25, -0.2) is 4.39 Å². The van der Waals surface area contributed by atoms with E-state index in [4.69, 9.17) is 4.74 Å². The van der Waals surface area contributed by atoms with Crippen LogP contribution in [0.3, 0.4) is 0 Å². The summed E-state index contributed by atoms with van der Waals surface area (Å²) in [5.74, 6) is -0.200. The summed E-state index contributed by atoms with van der Waals surface area (Å²) in [5.41, 5.74) is 3.15. The second-order valence-electron chi connectivity index (χ2n) is 4.28. The van der Waals surface area contributed by atoms with E-state index in [1.165, 1.54) is 11.6 Å². The van der Waals surface area contributed by atoms with Gasteiger partial charge in [-0.1, -0.05) is 36.4 Å². The molecule has 0 spiro atoms. The van der Waals surface area contributed by atoms with E-state index in [1.807, 2.05) is 18.2 Å². The second-order valence-corrected chi connectivity index (χ2v) is 4.28. The first kappa shape index (κ1) is 10.5. The maximum atomic E-state index is 13.1. The van der Waals surface area contributed by atoms with E-state index in [1.54, 1.807) is 12.1 Å². The zero-order chi connectivity index (χ0) is 11.7. The van der Waals surface area contributed by atoms with Gasteiger partial charge < -0.3 is 4.74 Å². The molecule has 1 unspecified atom stereocenters. The van der Waals surface area contributed by atoms with Gasteiger partial charge in [-0.3, -0.25) is 0 Å². The Balaban J connectivity index is 1.88.